The Bertz CT molecular complexity index is 392. The van der Waals surface area contributed by atoms with E-state index in [0.29, 0.717) is 0 Å². The van der Waals surface area contributed by atoms with E-state index in [-0.39, 0.29) is 12.0 Å². The molecule has 1 aromatic rings. The number of carbonyl (C=O) groups is 1. The van der Waals surface area contributed by atoms with E-state index in [1.165, 1.54) is 24.4 Å². The van der Waals surface area contributed by atoms with E-state index < -0.39 is 11.2 Å². The molecule has 0 amide bonds. The predicted octanol–water partition coefficient (Wildman–Crippen LogP) is 3.18. The first kappa shape index (κ1) is 15.1. The molecule has 1 unspecified atom stereocenters. The molecule has 0 aliphatic heterocycles. The fourth-order valence-corrected chi connectivity index (χ4v) is 2.43. The van der Waals surface area contributed by atoms with Crippen molar-refractivity contribution in [3.8, 4) is 0 Å². The summed E-state index contributed by atoms with van der Waals surface area (Å²) >= 11 is 1.32. The van der Waals surface area contributed by atoms with Crippen LogP contribution in [0.2, 0.25) is 0 Å². The van der Waals surface area contributed by atoms with Crippen molar-refractivity contribution < 1.29 is 14.6 Å². The summed E-state index contributed by atoms with van der Waals surface area (Å²) in [5.74, 6) is -0.846. The standard InChI is InChI=1S/C14H20O3S/c1-14(2,3)10-5-7-11(8-6-10)18-12(9-17-4)13(15)16/h5-8,12H,9H2,1-4H3,(H,15,16). The second kappa shape index (κ2) is 6.25. The van der Waals surface area contributed by atoms with Gasteiger partial charge in [0, 0.05) is 12.0 Å². The fourth-order valence-electron chi connectivity index (χ4n) is 1.50. The summed E-state index contributed by atoms with van der Waals surface area (Å²) in [5, 5.41) is 8.49. The third kappa shape index (κ3) is 4.35. The third-order valence-corrected chi connectivity index (χ3v) is 3.76. The van der Waals surface area contributed by atoms with Crippen molar-refractivity contribution in [3.05, 3.63) is 29.8 Å². The maximum absolute atomic E-state index is 11.0. The van der Waals surface area contributed by atoms with Gasteiger partial charge in [-0.15, -0.1) is 11.8 Å². The highest BCUT2D eigenvalue weighted by molar-refractivity contribution is 8.00. The molecule has 1 atom stereocenters. The number of methoxy groups -OCH3 is 1. The molecular weight excluding hydrogens is 248 g/mol. The number of rotatable bonds is 5. The van der Waals surface area contributed by atoms with Crippen LogP contribution in [-0.2, 0) is 14.9 Å². The summed E-state index contributed by atoms with van der Waals surface area (Å²) in [6.45, 7) is 6.67. The largest absolute Gasteiger partial charge is 0.480 e. The predicted molar refractivity (Wildman–Crippen MR) is 74.3 cm³/mol. The molecule has 0 spiro atoms. The number of aliphatic carboxylic acids is 1. The second-order valence-corrected chi connectivity index (χ2v) is 6.45. The number of carboxylic acid groups (broad SMARTS) is 1. The van der Waals surface area contributed by atoms with Gasteiger partial charge in [0.2, 0.25) is 0 Å². The van der Waals surface area contributed by atoms with Gasteiger partial charge in [0.1, 0.15) is 5.25 Å². The molecule has 0 heterocycles. The van der Waals surface area contributed by atoms with E-state index in [2.05, 4.69) is 20.8 Å². The second-order valence-electron chi connectivity index (χ2n) is 5.17. The van der Waals surface area contributed by atoms with Gasteiger partial charge in [0.15, 0.2) is 0 Å². The van der Waals surface area contributed by atoms with E-state index >= 15 is 0 Å². The topological polar surface area (TPSA) is 46.5 Å². The highest BCUT2D eigenvalue weighted by Crippen LogP contribution is 2.28. The summed E-state index contributed by atoms with van der Waals surface area (Å²) < 4.78 is 4.91. The SMILES string of the molecule is COCC(Sc1ccc(C(C)(C)C)cc1)C(=O)O. The van der Waals surface area contributed by atoms with Gasteiger partial charge in [-0.3, -0.25) is 4.79 Å². The Hall–Kier alpha value is -1.00. The molecule has 0 aliphatic carbocycles. The molecule has 1 rings (SSSR count). The van der Waals surface area contributed by atoms with Gasteiger partial charge in [0.05, 0.1) is 6.61 Å². The molecule has 4 heteroatoms. The van der Waals surface area contributed by atoms with Crippen LogP contribution in [0.4, 0.5) is 0 Å². The van der Waals surface area contributed by atoms with Crippen molar-refractivity contribution in [2.45, 2.75) is 36.3 Å². The van der Waals surface area contributed by atoms with E-state index in [0.717, 1.165) is 4.90 Å². The van der Waals surface area contributed by atoms with Crippen molar-refractivity contribution in [2.24, 2.45) is 0 Å². The summed E-state index contributed by atoms with van der Waals surface area (Å²) in [4.78, 5) is 12.0. The van der Waals surface area contributed by atoms with Gasteiger partial charge in [-0.25, -0.2) is 0 Å². The zero-order chi connectivity index (χ0) is 13.8. The van der Waals surface area contributed by atoms with E-state index in [4.69, 9.17) is 9.84 Å². The Morgan fingerprint density at radius 3 is 2.28 bits per heavy atom. The van der Waals surface area contributed by atoms with E-state index in [1.807, 2.05) is 24.3 Å². The lowest BCUT2D eigenvalue weighted by Crippen LogP contribution is -2.21. The van der Waals surface area contributed by atoms with E-state index in [9.17, 15) is 4.79 Å². The molecule has 0 aromatic heterocycles. The first-order chi connectivity index (χ1) is 8.34. The Kier molecular flexibility index (Phi) is 5.23. The van der Waals surface area contributed by atoms with Crippen LogP contribution >= 0.6 is 11.8 Å². The van der Waals surface area contributed by atoms with Crippen molar-refractivity contribution in [3.63, 3.8) is 0 Å². The van der Waals surface area contributed by atoms with Crippen LogP contribution in [-0.4, -0.2) is 30.0 Å². The van der Waals surface area contributed by atoms with Gasteiger partial charge < -0.3 is 9.84 Å². The minimum absolute atomic E-state index is 0.113. The van der Waals surface area contributed by atoms with Crippen LogP contribution < -0.4 is 0 Å². The molecule has 0 fully saturated rings. The zero-order valence-electron chi connectivity index (χ0n) is 11.3. The summed E-state index contributed by atoms with van der Waals surface area (Å²) in [5.41, 5.74) is 1.35. The Morgan fingerprint density at radius 1 is 1.33 bits per heavy atom. The van der Waals surface area contributed by atoms with Crippen molar-refractivity contribution in [1.29, 1.82) is 0 Å². The number of hydrogen-bond acceptors (Lipinski definition) is 3. The monoisotopic (exact) mass is 268 g/mol. The van der Waals surface area contributed by atoms with Gasteiger partial charge in [-0.2, -0.15) is 0 Å². The molecule has 0 aliphatic rings. The van der Waals surface area contributed by atoms with Crippen LogP contribution in [0.3, 0.4) is 0 Å². The number of carboxylic acids is 1. The molecule has 3 nitrogen and oxygen atoms in total. The summed E-state index contributed by atoms with van der Waals surface area (Å²) in [6, 6.07) is 8.04. The molecule has 0 saturated heterocycles. The number of ether oxygens (including phenoxy) is 1. The summed E-state index contributed by atoms with van der Waals surface area (Å²) in [7, 11) is 1.51. The summed E-state index contributed by atoms with van der Waals surface area (Å²) in [6.07, 6.45) is 0. The Balaban J connectivity index is 2.76. The minimum atomic E-state index is -0.846. The number of hydrogen-bond donors (Lipinski definition) is 1. The van der Waals surface area contributed by atoms with Crippen molar-refractivity contribution >= 4 is 17.7 Å². The fraction of sp³-hybridized carbons (Fsp3) is 0.500. The first-order valence-corrected chi connectivity index (χ1v) is 6.71. The van der Waals surface area contributed by atoms with E-state index in [1.54, 1.807) is 0 Å². The van der Waals surface area contributed by atoms with Crippen molar-refractivity contribution in [2.75, 3.05) is 13.7 Å². The molecule has 18 heavy (non-hydrogen) atoms. The lowest BCUT2D eigenvalue weighted by molar-refractivity contribution is -0.137. The molecular formula is C14H20O3S. The zero-order valence-corrected chi connectivity index (χ0v) is 12.1. The van der Waals surface area contributed by atoms with Crippen molar-refractivity contribution in [1.82, 2.24) is 0 Å². The quantitative estimate of drug-likeness (QED) is 0.833. The molecule has 1 N–H and O–H groups in total. The molecule has 0 bridgehead atoms. The average Bonchev–Trinajstić information content (AvgIpc) is 2.28. The van der Waals surface area contributed by atoms with Crippen LogP contribution in [0, 0.1) is 0 Å². The van der Waals surface area contributed by atoms with Crippen LogP contribution in [0.15, 0.2) is 29.2 Å². The van der Waals surface area contributed by atoms with Gasteiger partial charge in [-0.1, -0.05) is 32.9 Å². The average molecular weight is 268 g/mol. The first-order valence-electron chi connectivity index (χ1n) is 5.83. The maximum atomic E-state index is 11.0. The number of thioether (sulfide) groups is 1. The molecule has 0 radical (unpaired) electrons. The normalized spacial score (nSPS) is 13.3. The van der Waals surface area contributed by atoms with Crippen LogP contribution in [0.25, 0.3) is 0 Å². The molecule has 1 aromatic carbocycles. The highest BCUT2D eigenvalue weighted by atomic mass is 32.2. The number of benzene rings is 1. The van der Waals surface area contributed by atoms with Gasteiger partial charge in [0.25, 0.3) is 0 Å². The van der Waals surface area contributed by atoms with Gasteiger partial charge >= 0.3 is 5.97 Å². The smallest absolute Gasteiger partial charge is 0.319 e. The molecule has 100 valence electrons. The lowest BCUT2D eigenvalue weighted by atomic mass is 9.87. The maximum Gasteiger partial charge on any atom is 0.319 e. The third-order valence-electron chi connectivity index (χ3n) is 2.59. The Labute approximate surface area is 113 Å². The Morgan fingerprint density at radius 2 is 1.89 bits per heavy atom. The lowest BCUT2D eigenvalue weighted by Gasteiger charge is -2.19. The van der Waals surface area contributed by atoms with Gasteiger partial charge in [-0.05, 0) is 23.1 Å². The van der Waals surface area contributed by atoms with Crippen LogP contribution in [0.5, 0.6) is 0 Å². The highest BCUT2D eigenvalue weighted by Gasteiger charge is 2.19. The van der Waals surface area contributed by atoms with Crippen LogP contribution in [0.1, 0.15) is 26.3 Å². The molecule has 0 saturated carbocycles. The minimum Gasteiger partial charge on any atom is -0.480 e.